The summed E-state index contributed by atoms with van der Waals surface area (Å²) in [6.07, 6.45) is 9.89. The Hall–Kier alpha value is -2.88. The van der Waals surface area contributed by atoms with Crippen molar-refractivity contribution in [3.8, 4) is 11.3 Å². The number of esters is 1. The molecule has 134 valence electrons. The highest BCUT2D eigenvalue weighted by Crippen LogP contribution is 2.33. The zero-order valence-electron chi connectivity index (χ0n) is 15.3. The number of carbonyl (C=O) groups is 1. The largest absolute Gasteiger partial charge is 0.463 e. The topological polar surface area (TPSA) is 44.1 Å². The van der Waals surface area contributed by atoms with Crippen LogP contribution in [0.3, 0.4) is 0 Å². The molecule has 26 heavy (non-hydrogen) atoms. The van der Waals surface area contributed by atoms with Gasteiger partial charge in [-0.2, -0.15) is 0 Å². The number of fused-ring (bicyclic) bond motifs is 1. The summed E-state index contributed by atoms with van der Waals surface area (Å²) >= 11 is 0. The molecule has 0 spiro atoms. The Morgan fingerprint density at radius 3 is 2.85 bits per heavy atom. The lowest BCUT2D eigenvalue weighted by Gasteiger charge is -2.08. The van der Waals surface area contributed by atoms with Crippen molar-refractivity contribution in [1.82, 2.24) is 9.55 Å². The summed E-state index contributed by atoms with van der Waals surface area (Å²) in [5.41, 5.74) is 4.90. The van der Waals surface area contributed by atoms with Gasteiger partial charge >= 0.3 is 5.97 Å². The minimum Gasteiger partial charge on any atom is -0.463 e. The highest BCUT2D eigenvalue weighted by atomic mass is 16.5. The zero-order chi connectivity index (χ0) is 18.4. The number of aryl methyl sites for hydroxylation is 2. The van der Waals surface area contributed by atoms with Crippen LogP contribution in [-0.4, -0.2) is 22.1 Å². The Labute approximate surface area is 154 Å². The molecule has 0 atom stereocenters. The predicted octanol–water partition coefficient (Wildman–Crippen LogP) is 4.68. The van der Waals surface area contributed by atoms with Gasteiger partial charge in [0.2, 0.25) is 0 Å². The molecule has 0 aliphatic carbocycles. The molecule has 0 aliphatic rings. The minimum atomic E-state index is -0.270. The van der Waals surface area contributed by atoms with Crippen molar-refractivity contribution >= 4 is 16.9 Å². The maximum absolute atomic E-state index is 11.4. The van der Waals surface area contributed by atoms with Crippen LogP contribution in [0.2, 0.25) is 0 Å². The fourth-order valence-corrected chi connectivity index (χ4v) is 3.36. The molecule has 0 unspecified atom stereocenters. The van der Waals surface area contributed by atoms with Crippen molar-refractivity contribution in [2.45, 2.75) is 26.2 Å². The van der Waals surface area contributed by atoms with Gasteiger partial charge in [0.1, 0.15) is 0 Å². The van der Waals surface area contributed by atoms with Crippen LogP contribution >= 0.6 is 0 Å². The molecule has 0 fully saturated rings. The molecule has 4 heteroatoms. The van der Waals surface area contributed by atoms with Crippen LogP contribution in [0.15, 0.2) is 60.9 Å². The van der Waals surface area contributed by atoms with Crippen molar-refractivity contribution in [3.63, 3.8) is 0 Å². The summed E-state index contributed by atoms with van der Waals surface area (Å²) in [7, 11) is 2.11. The van der Waals surface area contributed by atoms with E-state index in [0.29, 0.717) is 6.61 Å². The number of rotatable bonds is 7. The Morgan fingerprint density at radius 1 is 1.23 bits per heavy atom. The molecule has 0 saturated carbocycles. The summed E-state index contributed by atoms with van der Waals surface area (Å²) in [5, 5.41) is 1.28. The number of ether oxygens (including phenoxy) is 1. The Bertz CT molecular complexity index is 911. The number of aromatic nitrogens is 2. The lowest BCUT2D eigenvalue weighted by molar-refractivity contribution is -0.137. The van der Waals surface area contributed by atoms with E-state index in [1.807, 2.05) is 25.3 Å². The second kappa shape index (κ2) is 8.48. The highest BCUT2D eigenvalue weighted by Gasteiger charge is 2.15. The first kappa shape index (κ1) is 17.9. The number of allylic oxidation sites excluding steroid dienone is 1. The van der Waals surface area contributed by atoms with Crippen LogP contribution in [0.5, 0.6) is 0 Å². The Kier molecular flexibility index (Phi) is 5.84. The van der Waals surface area contributed by atoms with E-state index in [1.165, 1.54) is 28.2 Å². The quantitative estimate of drug-likeness (QED) is 0.354. The summed E-state index contributed by atoms with van der Waals surface area (Å²) in [4.78, 5) is 15.7. The summed E-state index contributed by atoms with van der Waals surface area (Å²) in [5.74, 6) is -0.270. The van der Waals surface area contributed by atoms with E-state index in [2.05, 4.69) is 46.9 Å². The number of hydrogen-bond acceptors (Lipinski definition) is 3. The molecule has 3 aromatic rings. The number of para-hydroxylation sites is 1. The van der Waals surface area contributed by atoms with Crippen LogP contribution in [0.1, 0.15) is 25.3 Å². The van der Waals surface area contributed by atoms with E-state index in [0.717, 1.165) is 24.8 Å². The molecule has 0 amide bonds. The second-order valence-corrected chi connectivity index (χ2v) is 6.19. The second-order valence-electron chi connectivity index (χ2n) is 6.19. The first-order chi connectivity index (χ1) is 12.7. The van der Waals surface area contributed by atoms with Crippen LogP contribution in [0.4, 0.5) is 0 Å². The number of hydrogen-bond donors (Lipinski definition) is 0. The van der Waals surface area contributed by atoms with Crippen LogP contribution < -0.4 is 0 Å². The predicted molar refractivity (Wildman–Crippen MR) is 105 cm³/mol. The van der Waals surface area contributed by atoms with Crippen LogP contribution in [-0.2, 0) is 23.0 Å². The molecule has 1 aromatic carbocycles. The Balaban J connectivity index is 1.84. The van der Waals surface area contributed by atoms with Gasteiger partial charge in [-0.15, -0.1) is 0 Å². The van der Waals surface area contributed by atoms with Gasteiger partial charge in [-0.3, -0.25) is 4.98 Å². The fourth-order valence-electron chi connectivity index (χ4n) is 3.36. The number of carbonyl (C=O) groups excluding carboxylic acids is 1. The lowest BCUT2D eigenvalue weighted by atomic mass is 10.0. The zero-order valence-corrected chi connectivity index (χ0v) is 15.3. The van der Waals surface area contributed by atoms with E-state index in [4.69, 9.17) is 4.74 Å². The van der Waals surface area contributed by atoms with Gasteiger partial charge in [0, 0.05) is 42.0 Å². The Morgan fingerprint density at radius 2 is 2.08 bits per heavy atom. The summed E-state index contributed by atoms with van der Waals surface area (Å²) in [6, 6.07) is 12.6. The molecular formula is C22H24N2O2. The van der Waals surface area contributed by atoms with Crippen molar-refractivity contribution in [2.75, 3.05) is 6.61 Å². The molecule has 4 nitrogen and oxygen atoms in total. The number of benzene rings is 1. The highest BCUT2D eigenvalue weighted by molar-refractivity contribution is 5.91. The number of nitrogens with zero attached hydrogens (tertiary/aromatic N) is 2. The van der Waals surface area contributed by atoms with E-state index in [-0.39, 0.29) is 5.97 Å². The monoisotopic (exact) mass is 348 g/mol. The molecular weight excluding hydrogens is 324 g/mol. The first-order valence-electron chi connectivity index (χ1n) is 9.02. The maximum Gasteiger partial charge on any atom is 0.330 e. The maximum atomic E-state index is 11.4. The summed E-state index contributed by atoms with van der Waals surface area (Å²) < 4.78 is 7.15. The smallest absolute Gasteiger partial charge is 0.330 e. The van der Waals surface area contributed by atoms with Crippen molar-refractivity contribution in [3.05, 3.63) is 66.5 Å². The number of pyridine rings is 1. The molecule has 0 N–H and O–H groups in total. The normalized spacial score (nSPS) is 11.3. The van der Waals surface area contributed by atoms with Crippen molar-refractivity contribution in [2.24, 2.45) is 7.05 Å². The van der Waals surface area contributed by atoms with Gasteiger partial charge < -0.3 is 9.30 Å². The number of unbranched alkanes of at least 4 members (excludes halogenated alkanes) is 1. The third-order valence-corrected chi connectivity index (χ3v) is 4.48. The van der Waals surface area contributed by atoms with Gasteiger partial charge in [0.15, 0.2) is 0 Å². The third-order valence-electron chi connectivity index (χ3n) is 4.48. The SMILES string of the molecule is CCOC(=O)C=CCCCc1c(-c2cccnc2)n(C)c2ccccc12. The molecule has 0 aliphatic heterocycles. The summed E-state index contributed by atoms with van der Waals surface area (Å²) in [6.45, 7) is 2.22. The molecule has 0 bridgehead atoms. The van der Waals surface area contributed by atoms with Gasteiger partial charge in [-0.1, -0.05) is 24.3 Å². The molecule has 2 aromatic heterocycles. The third kappa shape index (κ3) is 3.85. The van der Waals surface area contributed by atoms with Gasteiger partial charge in [-0.25, -0.2) is 4.79 Å². The van der Waals surface area contributed by atoms with Crippen molar-refractivity contribution < 1.29 is 9.53 Å². The standard InChI is InChI=1S/C22H24N2O2/c1-3-26-21(25)14-6-4-5-12-19-18-11-7-8-13-20(18)24(2)22(19)17-10-9-15-23-16-17/h6-11,13-16H,3-5,12H2,1-2H3. The van der Waals surface area contributed by atoms with Gasteiger partial charge in [0.25, 0.3) is 0 Å². The molecule has 0 saturated heterocycles. The molecule has 2 heterocycles. The average molecular weight is 348 g/mol. The molecule has 0 radical (unpaired) electrons. The van der Waals surface area contributed by atoms with E-state index in [1.54, 1.807) is 6.20 Å². The molecule has 3 rings (SSSR count). The van der Waals surface area contributed by atoms with E-state index in [9.17, 15) is 4.79 Å². The van der Waals surface area contributed by atoms with Crippen LogP contribution in [0.25, 0.3) is 22.2 Å². The van der Waals surface area contributed by atoms with Gasteiger partial charge in [0.05, 0.1) is 12.3 Å². The fraction of sp³-hybridized carbons (Fsp3) is 0.273. The average Bonchev–Trinajstić information content (AvgIpc) is 2.95. The lowest BCUT2D eigenvalue weighted by Crippen LogP contribution is -1.98. The van der Waals surface area contributed by atoms with Gasteiger partial charge in [-0.05, 0) is 49.9 Å². The van der Waals surface area contributed by atoms with Crippen molar-refractivity contribution in [1.29, 1.82) is 0 Å². The van der Waals surface area contributed by atoms with E-state index >= 15 is 0 Å². The first-order valence-corrected chi connectivity index (χ1v) is 9.02. The minimum absolute atomic E-state index is 0.270. The van der Waals surface area contributed by atoms with Crippen LogP contribution in [0, 0.1) is 0 Å². The van der Waals surface area contributed by atoms with E-state index < -0.39 is 0 Å².